The van der Waals surface area contributed by atoms with Gasteiger partial charge in [0, 0.05) is 0 Å². The molecule has 0 saturated carbocycles. The van der Waals surface area contributed by atoms with E-state index < -0.39 is 0 Å². The largest absolute Gasteiger partial charge is 0.483 e. The average Bonchev–Trinajstić information content (AvgIpc) is 2.64. The van der Waals surface area contributed by atoms with Gasteiger partial charge in [-0.05, 0) is 81.7 Å². The van der Waals surface area contributed by atoms with E-state index in [0.717, 1.165) is 18.6 Å². The van der Waals surface area contributed by atoms with E-state index in [4.69, 9.17) is 4.74 Å². The zero-order valence-electron chi connectivity index (χ0n) is 18.6. The third-order valence-electron chi connectivity index (χ3n) is 6.27. The Balaban J connectivity index is 1.71. The molecule has 0 fully saturated rings. The molecule has 2 rings (SSSR count). The van der Waals surface area contributed by atoms with Gasteiger partial charge in [0.25, 0.3) is 0 Å². The van der Waals surface area contributed by atoms with Crippen LogP contribution in [0.5, 0.6) is 5.75 Å². The quantitative estimate of drug-likeness (QED) is 0.282. The number of unbranched alkanes of at least 4 members (excludes halogenated alkanes) is 9. The summed E-state index contributed by atoms with van der Waals surface area (Å²) < 4.78 is 6.52. The fourth-order valence-corrected chi connectivity index (χ4v) is 4.23. The number of hydrogen-bond acceptors (Lipinski definition) is 1. The maximum atomic E-state index is 6.52. The number of benzene rings is 1. The summed E-state index contributed by atoms with van der Waals surface area (Å²) in [5.41, 5.74) is 5.32. The molecule has 27 heavy (non-hydrogen) atoms. The molecule has 0 radical (unpaired) electrons. The van der Waals surface area contributed by atoms with Crippen LogP contribution in [0.4, 0.5) is 0 Å². The Labute approximate surface area is 168 Å². The second-order valence-electron chi connectivity index (χ2n) is 8.88. The first-order valence-corrected chi connectivity index (χ1v) is 11.4. The second kappa shape index (κ2) is 10.9. The minimum atomic E-state index is -0.142. The smallest absolute Gasteiger partial charge is 0.127 e. The van der Waals surface area contributed by atoms with E-state index in [1.54, 1.807) is 0 Å². The van der Waals surface area contributed by atoms with Gasteiger partial charge in [-0.2, -0.15) is 0 Å². The monoisotopic (exact) mass is 370 g/mol. The summed E-state index contributed by atoms with van der Waals surface area (Å²) in [6.45, 7) is 11.1. The van der Waals surface area contributed by atoms with Gasteiger partial charge in [-0.3, -0.25) is 0 Å². The van der Waals surface area contributed by atoms with Crippen molar-refractivity contribution < 1.29 is 4.74 Å². The highest BCUT2D eigenvalue weighted by Crippen LogP contribution is 2.39. The number of ether oxygens (including phenoxy) is 1. The predicted octanol–water partition coefficient (Wildman–Crippen LogP) is 8.17. The zero-order chi connectivity index (χ0) is 19.7. The molecule has 0 bridgehead atoms. The Bertz CT molecular complexity index is 613. The molecule has 0 aliphatic carbocycles. The summed E-state index contributed by atoms with van der Waals surface area (Å²) in [6, 6.07) is 2.31. The maximum absolute atomic E-state index is 6.52. The third kappa shape index (κ3) is 6.70. The van der Waals surface area contributed by atoms with E-state index in [1.807, 2.05) is 0 Å². The molecular formula is C26H42O. The molecule has 0 N–H and O–H groups in total. The van der Waals surface area contributed by atoms with Gasteiger partial charge >= 0.3 is 0 Å². The van der Waals surface area contributed by atoms with E-state index in [-0.39, 0.29) is 5.60 Å². The van der Waals surface area contributed by atoms with Crippen LogP contribution in [0.25, 0.3) is 0 Å². The van der Waals surface area contributed by atoms with Crippen molar-refractivity contribution in [3.63, 3.8) is 0 Å². The topological polar surface area (TPSA) is 9.23 Å². The van der Waals surface area contributed by atoms with E-state index in [1.165, 1.54) is 86.5 Å². The highest BCUT2D eigenvalue weighted by atomic mass is 16.5. The molecular weight excluding hydrogens is 328 g/mol. The third-order valence-corrected chi connectivity index (χ3v) is 6.27. The first-order valence-electron chi connectivity index (χ1n) is 11.4. The molecule has 1 aromatic carbocycles. The van der Waals surface area contributed by atoms with Gasteiger partial charge in [0.15, 0.2) is 0 Å². The molecule has 0 aromatic heterocycles. The first-order chi connectivity index (χ1) is 13.0. The van der Waals surface area contributed by atoms with Crippen LogP contribution in [0.2, 0.25) is 0 Å². The van der Waals surface area contributed by atoms with Crippen LogP contribution >= 0.6 is 0 Å². The Hall–Kier alpha value is -1.24. The summed E-state index contributed by atoms with van der Waals surface area (Å²) in [4.78, 5) is 0. The SMILES string of the molecule is CCCCCCCCCCCC=CC1(C)CCc2c(C)cc(C)c(C)c2O1. The molecule has 0 spiro atoms. The van der Waals surface area contributed by atoms with Gasteiger partial charge in [0.1, 0.15) is 11.4 Å². The Kier molecular flexibility index (Phi) is 8.93. The van der Waals surface area contributed by atoms with Gasteiger partial charge in [-0.1, -0.05) is 70.4 Å². The van der Waals surface area contributed by atoms with Crippen molar-refractivity contribution in [2.45, 2.75) is 117 Å². The lowest BCUT2D eigenvalue weighted by molar-refractivity contribution is 0.112. The standard InChI is InChI=1S/C26H42O/c1-6-7-8-9-10-11-12-13-14-15-16-18-26(5)19-17-24-22(3)20-21(2)23(4)25(24)27-26/h16,18,20H,6-15,17,19H2,1-5H3. The van der Waals surface area contributed by atoms with Crippen LogP contribution in [0.15, 0.2) is 18.2 Å². The van der Waals surface area contributed by atoms with Gasteiger partial charge in [-0.25, -0.2) is 0 Å². The summed E-state index contributed by atoms with van der Waals surface area (Å²) in [7, 11) is 0. The Morgan fingerprint density at radius 3 is 2.22 bits per heavy atom. The van der Waals surface area contributed by atoms with Gasteiger partial charge in [0.2, 0.25) is 0 Å². The molecule has 0 saturated heterocycles. The van der Waals surface area contributed by atoms with E-state index in [9.17, 15) is 0 Å². The van der Waals surface area contributed by atoms with Crippen molar-refractivity contribution >= 4 is 0 Å². The van der Waals surface area contributed by atoms with Crippen molar-refractivity contribution in [3.8, 4) is 5.75 Å². The first kappa shape index (κ1) is 22.1. The molecule has 1 unspecified atom stereocenters. The lowest BCUT2D eigenvalue weighted by atomic mass is 9.87. The fourth-order valence-electron chi connectivity index (χ4n) is 4.23. The summed E-state index contributed by atoms with van der Waals surface area (Å²) in [5.74, 6) is 1.15. The van der Waals surface area contributed by atoms with Crippen molar-refractivity contribution in [1.29, 1.82) is 0 Å². The van der Waals surface area contributed by atoms with Crippen molar-refractivity contribution in [1.82, 2.24) is 0 Å². The lowest BCUT2D eigenvalue weighted by Crippen LogP contribution is -2.35. The molecule has 1 atom stereocenters. The molecule has 1 heterocycles. The number of allylic oxidation sites excluding steroid dienone is 1. The average molecular weight is 371 g/mol. The van der Waals surface area contributed by atoms with Crippen LogP contribution in [-0.2, 0) is 6.42 Å². The van der Waals surface area contributed by atoms with Crippen LogP contribution in [0.1, 0.15) is 107 Å². The zero-order valence-corrected chi connectivity index (χ0v) is 18.6. The number of rotatable bonds is 11. The Morgan fingerprint density at radius 2 is 1.56 bits per heavy atom. The molecule has 1 nitrogen and oxygen atoms in total. The van der Waals surface area contributed by atoms with E-state index in [2.05, 4.69) is 52.8 Å². The molecule has 1 aliphatic rings. The maximum Gasteiger partial charge on any atom is 0.127 e. The number of aryl methyl sites for hydroxylation is 2. The number of fused-ring (bicyclic) bond motifs is 1. The van der Waals surface area contributed by atoms with E-state index >= 15 is 0 Å². The van der Waals surface area contributed by atoms with Gasteiger partial charge < -0.3 is 4.74 Å². The molecule has 152 valence electrons. The molecule has 0 amide bonds. The predicted molar refractivity (Wildman–Crippen MR) is 119 cm³/mol. The minimum Gasteiger partial charge on any atom is -0.483 e. The number of hydrogen-bond donors (Lipinski definition) is 0. The van der Waals surface area contributed by atoms with Gasteiger partial charge in [-0.15, -0.1) is 0 Å². The molecule has 1 heteroatoms. The highest BCUT2D eigenvalue weighted by Gasteiger charge is 2.31. The minimum absolute atomic E-state index is 0.142. The highest BCUT2D eigenvalue weighted by molar-refractivity contribution is 5.51. The summed E-state index contributed by atoms with van der Waals surface area (Å²) >= 11 is 0. The lowest BCUT2D eigenvalue weighted by Gasteiger charge is -2.35. The summed E-state index contributed by atoms with van der Waals surface area (Å²) in [5, 5.41) is 0. The second-order valence-corrected chi connectivity index (χ2v) is 8.88. The molecule has 1 aliphatic heterocycles. The van der Waals surface area contributed by atoms with Crippen LogP contribution in [-0.4, -0.2) is 5.60 Å². The Morgan fingerprint density at radius 1 is 0.926 bits per heavy atom. The van der Waals surface area contributed by atoms with Crippen molar-refractivity contribution in [2.75, 3.05) is 0 Å². The molecule has 1 aromatic rings. The van der Waals surface area contributed by atoms with Crippen LogP contribution in [0.3, 0.4) is 0 Å². The van der Waals surface area contributed by atoms with Crippen molar-refractivity contribution in [3.05, 3.63) is 40.5 Å². The fraction of sp³-hybridized carbons (Fsp3) is 0.692. The van der Waals surface area contributed by atoms with Crippen molar-refractivity contribution in [2.24, 2.45) is 0 Å². The van der Waals surface area contributed by atoms with E-state index in [0.29, 0.717) is 0 Å². The van der Waals surface area contributed by atoms with Crippen LogP contribution < -0.4 is 4.74 Å². The summed E-state index contributed by atoms with van der Waals surface area (Å²) in [6.07, 6.45) is 20.7. The van der Waals surface area contributed by atoms with Crippen LogP contribution in [0, 0.1) is 20.8 Å². The normalized spacial score (nSPS) is 19.3. The van der Waals surface area contributed by atoms with Gasteiger partial charge in [0.05, 0.1) is 0 Å².